The summed E-state index contributed by atoms with van der Waals surface area (Å²) in [6.45, 7) is 2.81. The van der Waals surface area contributed by atoms with E-state index in [1.807, 2.05) is 0 Å². The van der Waals surface area contributed by atoms with Gasteiger partial charge in [-0.25, -0.2) is 8.42 Å². The molecule has 0 radical (unpaired) electrons. The van der Waals surface area contributed by atoms with Gasteiger partial charge in [0.2, 0.25) is 10.0 Å². The van der Waals surface area contributed by atoms with E-state index in [0.717, 1.165) is 12.8 Å². The molecule has 0 aromatic heterocycles. The van der Waals surface area contributed by atoms with Crippen LogP contribution >= 0.6 is 35.6 Å². The predicted octanol–water partition coefficient (Wildman–Crippen LogP) is 3.08. The first-order valence-electron chi connectivity index (χ1n) is 7.02. The van der Waals surface area contributed by atoms with Crippen LogP contribution in [0.1, 0.15) is 18.4 Å². The summed E-state index contributed by atoms with van der Waals surface area (Å²) in [5, 5.41) is 0.745. The lowest BCUT2D eigenvalue weighted by atomic mass is 9.98. The van der Waals surface area contributed by atoms with E-state index in [1.165, 1.54) is 16.4 Å². The van der Waals surface area contributed by atoms with E-state index in [1.54, 1.807) is 6.92 Å². The van der Waals surface area contributed by atoms with Crippen molar-refractivity contribution in [2.24, 2.45) is 17.6 Å². The van der Waals surface area contributed by atoms with Gasteiger partial charge in [0.15, 0.2) is 0 Å². The normalized spacial score (nSPS) is 28.5. The summed E-state index contributed by atoms with van der Waals surface area (Å²) in [6, 6.07) is 3.07. The van der Waals surface area contributed by atoms with Crippen LogP contribution in [0.3, 0.4) is 0 Å². The first-order chi connectivity index (χ1) is 9.80. The lowest BCUT2D eigenvalue weighted by Crippen LogP contribution is -2.33. The monoisotopic (exact) mass is 384 g/mol. The van der Waals surface area contributed by atoms with E-state index in [0.29, 0.717) is 34.6 Å². The van der Waals surface area contributed by atoms with Crippen LogP contribution in [-0.2, 0) is 10.0 Å². The molecule has 1 aromatic rings. The van der Waals surface area contributed by atoms with Gasteiger partial charge in [-0.15, -0.1) is 12.4 Å². The summed E-state index contributed by atoms with van der Waals surface area (Å²) in [5.74, 6) is 0.655. The zero-order valence-corrected chi connectivity index (χ0v) is 15.3. The van der Waals surface area contributed by atoms with Gasteiger partial charge >= 0.3 is 0 Å². The molecular formula is C14H19Cl3N2O2S. The van der Waals surface area contributed by atoms with Crippen LogP contribution in [0.4, 0.5) is 0 Å². The highest BCUT2D eigenvalue weighted by Crippen LogP contribution is 2.40. The molecule has 1 heterocycles. The molecule has 0 spiro atoms. The fourth-order valence-corrected chi connectivity index (χ4v) is 5.59. The second-order valence-corrected chi connectivity index (χ2v) is 8.75. The van der Waals surface area contributed by atoms with Gasteiger partial charge in [-0.2, -0.15) is 4.31 Å². The van der Waals surface area contributed by atoms with E-state index in [9.17, 15) is 8.42 Å². The molecule has 3 rings (SSSR count). The Labute approximate surface area is 147 Å². The summed E-state index contributed by atoms with van der Waals surface area (Å²) in [5.41, 5.74) is 6.76. The first kappa shape index (κ1) is 18.3. The van der Waals surface area contributed by atoms with Crippen LogP contribution in [0.2, 0.25) is 10.0 Å². The Hall–Kier alpha value is -0.0400. The smallest absolute Gasteiger partial charge is 0.243 e. The Kier molecular flexibility index (Phi) is 5.37. The van der Waals surface area contributed by atoms with Gasteiger partial charge in [0, 0.05) is 29.2 Å². The predicted molar refractivity (Wildman–Crippen MR) is 91.4 cm³/mol. The van der Waals surface area contributed by atoms with Gasteiger partial charge in [-0.3, -0.25) is 0 Å². The van der Waals surface area contributed by atoms with Crippen LogP contribution < -0.4 is 5.73 Å². The second-order valence-electron chi connectivity index (χ2n) is 6.00. The molecule has 22 heavy (non-hydrogen) atoms. The SMILES string of the molecule is Cc1c(Cl)cc(S(=O)(=O)N2CC3CCC(N)C3C2)cc1Cl.Cl. The van der Waals surface area contributed by atoms with Crippen LogP contribution in [-0.4, -0.2) is 31.9 Å². The van der Waals surface area contributed by atoms with Crippen LogP contribution in [0, 0.1) is 18.8 Å². The van der Waals surface area contributed by atoms with Crippen molar-refractivity contribution in [2.75, 3.05) is 13.1 Å². The van der Waals surface area contributed by atoms with E-state index >= 15 is 0 Å². The third kappa shape index (κ3) is 2.99. The van der Waals surface area contributed by atoms with Gasteiger partial charge in [0.25, 0.3) is 0 Å². The quantitative estimate of drug-likeness (QED) is 0.851. The summed E-state index contributed by atoms with van der Waals surface area (Å²) in [4.78, 5) is 0.164. The van der Waals surface area contributed by atoms with Crippen molar-refractivity contribution in [1.29, 1.82) is 0 Å². The molecule has 124 valence electrons. The molecule has 4 nitrogen and oxygen atoms in total. The highest BCUT2D eigenvalue weighted by Gasteiger charge is 2.45. The summed E-state index contributed by atoms with van der Waals surface area (Å²) < 4.78 is 27.0. The number of halogens is 3. The average Bonchev–Trinajstić information content (AvgIpc) is 2.98. The number of sulfonamides is 1. The molecule has 1 saturated carbocycles. The molecule has 1 aliphatic heterocycles. The number of nitrogens with zero attached hydrogens (tertiary/aromatic N) is 1. The fourth-order valence-electron chi connectivity index (χ4n) is 3.38. The maximum absolute atomic E-state index is 12.8. The number of fused-ring (bicyclic) bond motifs is 1. The molecule has 3 atom stereocenters. The van der Waals surface area contributed by atoms with Crippen LogP contribution in [0.25, 0.3) is 0 Å². The molecule has 1 aromatic carbocycles. The molecule has 2 N–H and O–H groups in total. The van der Waals surface area contributed by atoms with Crippen molar-refractivity contribution >= 4 is 45.6 Å². The van der Waals surface area contributed by atoms with Gasteiger partial charge < -0.3 is 5.73 Å². The van der Waals surface area contributed by atoms with E-state index in [-0.39, 0.29) is 29.3 Å². The van der Waals surface area contributed by atoms with Crippen molar-refractivity contribution in [3.8, 4) is 0 Å². The molecule has 1 aliphatic carbocycles. The Bertz CT molecular complexity index is 658. The Morgan fingerprint density at radius 3 is 2.32 bits per heavy atom. The minimum Gasteiger partial charge on any atom is -0.327 e. The third-order valence-corrected chi connectivity index (χ3v) is 7.37. The molecule has 1 saturated heterocycles. The largest absolute Gasteiger partial charge is 0.327 e. The van der Waals surface area contributed by atoms with Gasteiger partial charge in [0.05, 0.1) is 4.90 Å². The molecule has 2 aliphatic rings. The number of rotatable bonds is 2. The first-order valence-corrected chi connectivity index (χ1v) is 9.21. The van der Waals surface area contributed by atoms with Crippen molar-refractivity contribution < 1.29 is 8.42 Å². The molecule has 0 amide bonds. The standard InChI is InChI=1S/C14H18Cl2N2O2S.ClH/c1-8-12(15)4-10(5-13(8)16)21(19,20)18-6-9-2-3-14(17)11(9)7-18;/h4-5,9,11,14H,2-3,6-7,17H2,1H3;1H. The second kappa shape index (κ2) is 6.46. The molecular weight excluding hydrogens is 367 g/mol. The summed E-state index contributed by atoms with van der Waals surface area (Å²) in [6.07, 6.45) is 2.00. The molecule has 0 bridgehead atoms. The minimum absolute atomic E-state index is 0. The molecule has 2 fully saturated rings. The summed E-state index contributed by atoms with van der Waals surface area (Å²) in [7, 11) is -3.56. The summed E-state index contributed by atoms with van der Waals surface area (Å²) >= 11 is 12.1. The fraction of sp³-hybridized carbons (Fsp3) is 0.571. The zero-order valence-electron chi connectivity index (χ0n) is 12.1. The highest BCUT2D eigenvalue weighted by molar-refractivity contribution is 7.89. The Morgan fingerprint density at radius 2 is 1.77 bits per heavy atom. The number of nitrogens with two attached hydrogens (primary N) is 1. The van der Waals surface area contributed by atoms with E-state index in [2.05, 4.69) is 0 Å². The lowest BCUT2D eigenvalue weighted by Gasteiger charge is -2.19. The zero-order chi connectivity index (χ0) is 15.4. The van der Waals surface area contributed by atoms with Crippen LogP contribution in [0.15, 0.2) is 17.0 Å². The molecule has 3 unspecified atom stereocenters. The average molecular weight is 386 g/mol. The van der Waals surface area contributed by atoms with Gasteiger partial charge in [0.1, 0.15) is 0 Å². The van der Waals surface area contributed by atoms with Crippen molar-refractivity contribution in [2.45, 2.75) is 30.7 Å². The van der Waals surface area contributed by atoms with E-state index < -0.39 is 10.0 Å². The lowest BCUT2D eigenvalue weighted by molar-refractivity contribution is 0.427. The number of hydrogen-bond donors (Lipinski definition) is 1. The van der Waals surface area contributed by atoms with Gasteiger partial charge in [-0.1, -0.05) is 23.2 Å². The maximum atomic E-state index is 12.8. The highest BCUT2D eigenvalue weighted by atomic mass is 35.5. The van der Waals surface area contributed by atoms with Crippen LogP contribution in [0.5, 0.6) is 0 Å². The van der Waals surface area contributed by atoms with Gasteiger partial charge in [-0.05, 0) is 49.3 Å². The number of benzene rings is 1. The van der Waals surface area contributed by atoms with Crippen molar-refractivity contribution in [3.05, 3.63) is 27.7 Å². The van der Waals surface area contributed by atoms with Crippen molar-refractivity contribution in [1.82, 2.24) is 4.31 Å². The van der Waals surface area contributed by atoms with E-state index in [4.69, 9.17) is 28.9 Å². The Morgan fingerprint density at radius 1 is 1.18 bits per heavy atom. The molecule has 8 heteroatoms. The third-order valence-electron chi connectivity index (χ3n) is 4.77. The minimum atomic E-state index is -3.56. The number of hydrogen-bond acceptors (Lipinski definition) is 3. The maximum Gasteiger partial charge on any atom is 0.243 e. The van der Waals surface area contributed by atoms with Crippen molar-refractivity contribution in [3.63, 3.8) is 0 Å². The Balaban J connectivity index is 0.00000176. The topological polar surface area (TPSA) is 63.4 Å².